The van der Waals surface area contributed by atoms with Crippen molar-refractivity contribution < 1.29 is 60.8 Å². The van der Waals surface area contributed by atoms with Crippen molar-refractivity contribution in [1.29, 1.82) is 0 Å². The summed E-state index contributed by atoms with van der Waals surface area (Å²) in [5.41, 5.74) is -0.428. The van der Waals surface area contributed by atoms with Crippen molar-refractivity contribution in [2.75, 3.05) is 13.2 Å². The molecule has 3 aromatic rings. The Hall–Kier alpha value is -2.95. The number of aliphatic hydroxyl groups is 2. The summed E-state index contributed by atoms with van der Waals surface area (Å²) >= 11 is 0. The Balaban J connectivity index is 1.27. The lowest BCUT2D eigenvalue weighted by Gasteiger charge is -2.28. The number of ether oxygens (including phenoxy) is 2. The van der Waals surface area contributed by atoms with E-state index in [1.165, 1.54) is 6.26 Å². The number of carbonyl (C=O) groups excluding carboxylic acids is 1. The van der Waals surface area contributed by atoms with Crippen LogP contribution in [0.5, 0.6) is 0 Å². The van der Waals surface area contributed by atoms with Gasteiger partial charge >= 0.3 is 27.3 Å². The standard InChI is InChI=1S/C23H26N2O15P2/c1-13(26)37-19-7-9-35-42(33,39-19)40-41(31,32)36-12-17-20(28)21(29)22(38-17)24-8-6-18(27)25(23(24)30)10-14-11-34-16-5-3-2-4-15(14)16/h2-6,8,11,17,19-22,28-29H,7,9-10,12H2,1H3,(H,31,32)/t17-,19?,20?,21+,22-,42?/m1/s1. The van der Waals surface area contributed by atoms with E-state index in [1.807, 2.05) is 0 Å². The molecule has 2 aliphatic heterocycles. The van der Waals surface area contributed by atoms with Gasteiger partial charge in [0, 0.05) is 36.6 Å². The van der Waals surface area contributed by atoms with Crippen LogP contribution in [0.25, 0.3) is 11.0 Å². The van der Waals surface area contributed by atoms with Gasteiger partial charge in [0.15, 0.2) is 6.23 Å². The number of phosphoric ester groups is 2. The van der Waals surface area contributed by atoms with Gasteiger partial charge in [0.25, 0.3) is 5.56 Å². The van der Waals surface area contributed by atoms with Crippen LogP contribution in [0.4, 0.5) is 0 Å². The zero-order chi connectivity index (χ0) is 30.2. The number of aromatic nitrogens is 2. The summed E-state index contributed by atoms with van der Waals surface area (Å²) in [7, 11) is -9.91. The predicted octanol–water partition coefficient (Wildman–Crippen LogP) is 0.991. The molecule has 2 saturated heterocycles. The van der Waals surface area contributed by atoms with Crippen LogP contribution in [0, 0.1) is 0 Å². The third-order valence-electron chi connectivity index (χ3n) is 6.35. The molecule has 0 bridgehead atoms. The molecule has 0 aliphatic carbocycles. The maximum atomic E-state index is 13.3. The molecule has 2 fully saturated rings. The molecule has 19 heteroatoms. The van der Waals surface area contributed by atoms with Gasteiger partial charge in [-0.3, -0.25) is 27.8 Å². The molecule has 42 heavy (non-hydrogen) atoms. The highest BCUT2D eigenvalue weighted by atomic mass is 31.3. The number of fused-ring (bicyclic) bond motifs is 1. The van der Waals surface area contributed by atoms with Gasteiger partial charge in [-0.15, -0.1) is 0 Å². The zero-order valence-corrected chi connectivity index (χ0v) is 23.6. The van der Waals surface area contributed by atoms with Gasteiger partial charge < -0.3 is 29.0 Å². The van der Waals surface area contributed by atoms with Crippen molar-refractivity contribution >= 4 is 32.6 Å². The number of hydrogen-bond donors (Lipinski definition) is 3. The average Bonchev–Trinajstić information content (AvgIpc) is 3.45. The Labute approximate surface area is 235 Å². The molecule has 4 heterocycles. The zero-order valence-electron chi connectivity index (χ0n) is 21.8. The predicted molar refractivity (Wildman–Crippen MR) is 138 cm³/mol. The monoisotopic (exact) mass is 632 g/mol. The van der Waals surface area contributed by atoms with E-state index in [1.54, 1.807) is 24.3 Å². The molecule has 0 amide bonds. The molecule has 4 unspecified atom stereocenters. The van der Waals surface area contributed by atoms with Gasteiger partial charge in [-0.1, -0.05) is 18.2 Å². The quantitative estimate of drug-likeness (QED) is 0.221. The molecular formula is C23H26N2O15P2. The Morgan fingerprint density at radius 1 is 1.19 bits per heavy atom. The van der Waals surface area contributed by atoms with E-state index < -0.39 is 70.3 Å². The van der Waals surface area contributed by atoms with Crippen LogP contribution >= 0.6 is 15.6 Å². The van der Waals surface area contributed by atoms with E-state index in [9.17, 15) is 38.6 Å². The molecule has 2 aromatic heterocycles. The Morgan fingerprint density at radius 3 is 2.71 bits per heavy atom. The lowest BCUT2D eigenvalue weighted by molar-refractivity contribution is -0.169. The Kier molecular flexibility index (Phi) is 8.70. The second kappa shape index (κ2) is 12.0. The lowest BCUT2D eigenvalue weighted by atomic mass is 10.1. The van der Waals surface area contributed by atoms with Crippen LogP contribution in [0.2, 0.25) is 0 Å². The first-order valence-electron chi connectivity index (χ1n) is 12.4. The topological polar surface area (TPSA) is 224 Å². The fourth-order valence-electron chi connectivity index (χ4n) is 4.41. The van der Waals surface area contributed by atoms with Gasteiger partial charge in [-0.25, -0.2) is 18.4 Å². The Bertz CT molecular complexity index is 1680. The third-order valence-corrected chi connectivity index (χ3v) is 9.44. The number of esters is 1. The largest absolute Gasteiger partial charge is 0.486 e. The minimum absolute atomic E-state index is 0.0176. The second-order valence-corrected chi connectivity index (χ2v) is 12.5. The molecule has 7 atom stereocenters. The highest BCUT2D eigenvalue weighted by molar-refractivity contribution is 7.61. The SMILES string of the molecule is CC(=O)OC1CCOP(=O)(OP(=O)(O)OC[C@H]2O[C@@H](n3ccc(=O)n(Cc4coc5ccccc45)c3=O)[C@@H](O)C2O)O1. The number of furan rings is 1. The first-order valence-corrected chi connectivity index (χ1v) is 15.4. The molecular weight excluding hydrogens is 606 g/mol. The Morgan fingerprint density at radius 2 is 1.95 bits per heavy atom. The van der Waals surface area contributed by atoms with E-state index in [2.05, 4.69) is 4.31 Å². The van der Waals surface area contributed by atoms with Crippen LogP contribution in [-0.2, 0) is 47.8 Å². The number of phosphoric acid groups is 2. The van der Waals surface area contributed by atoms with Crippen LogP contribution in [0.15, 0.2) is 56.8 Å². The fourth-order valence-corrected chi connectivity index (χ4v) is 7.11. The van der Waals surface area contributed by atoms with Crippen molar-refractivity contribution in [3.63, 3.8) is 0 Å². The van der Waals surface area contributed by atoms with Crippen molar-refractivity contribution in [3.8, 4) is 0 Å². The van der Waals surface area contributed by atoms with Gasteiger partial charge in [0.05, 0.1) is 26.0 Å². The lowest BCUT2D eigenvalue weighted by Crippen LogP contribution is -2.43. The number of nitrogens with zero attached hydrogens (tertiary/aromatic N) is 2. The fraction of sp³-hybridized carbons (Fsp3) is 0.435. The molecule has 0 spiro atoms. The summed E-state index contributed by atoms with van der Waals surface area (Å²) < 4.78 is 61.6. The maximum Gasteiger partial charge on any atom is 0.486 e. The number of para-hydroxylation sites is 1. The summed E-state index contributed by atoms with van der Waals surface area (Å²) in [6, 6.07) is 8.08. The van der Waals surface area contributed by atoms with E-state index in [0.717, 1.165) is 28.3 Å². The van der Waals surface area contributed by atoms with Gasteiger partial charge in [0.1, 0.15) is 23.9 Å². The number of carbonyl (C=O) groups is 1. The number of aliphatic hydroxyl groups excluding tert-OH is 2. The van der Waals surface area contributed by atoms with E-state index in [4.69, 9.17) is 27.5 Å². The minimum atomic E-state index is -5.20. The van der Waals surface area contributed by atoms with Crippen molar-refractivity contribution in [3.05, 3.63) is 69.2 Å². The first kappa shape index (κ1) is 30.5. The molecule has 0 radical (unpaired) electrons. The highest BCUT2D eigenvalue weighted by Crippen LogP contribution is 2.65. The molecule has 3 N–H and O–H groups in total. The van der Waals surface area contributed by atoms with Crippen LogP contribution < -0.4 is 11.2 Å². The number of rotatable bonds is 9. The molecule has 1 aromatic carbocycles. The molecule has 5 rings (SSSR count). The summed E-state index contributed by atoms with van der Waals surface area (Å²) in [4.78, 5) is 47.0. The summed E-state index contributed by atoms with van der Waals surface area (Å²) in [5, 5.41) is 21.8. The van der Waals surface area contributed by atoms with Crippen molar-refractivity contribution in [1.82, 2.24) is 9.13 Å². The highest BCUT2D eigenvalue weighted by Gasteiger charge is 2.48. The molecule has 17 nitrogen and oxygen atoms in total. The number of benzene rings is 1. The molecule has 2 aliphatic rings. The first-order chi connectivity index (χ1) is 19.9. The third kappa shape index (κ3) is 6.50. The second-order valence-electron chi connectivity index (χ2n) is 9.29. The summed E-state index contributed by atoms with van der Waals surface area (Å²) in [6.07, 6.45) is -5.36. The minimum Gasteiger partial charge on any atom is -0.464 e. The van der Waals surface area contributed by atoms with Crippen LogP contribution in [-0.4, -0.2) is 68.0 Å². The molecule has 228 valence electrons. The smallest absolute Gasteiger partial charge is 0.464 e. The van der Waals surface area contributed by atoms with Gasteiger partial charge in [-0.2, -0.15) is 4.31 Å². The van der Waals surface area contributed by atoms with Crippen molar-refractivity contribution in [2.45, 2.75) is 50.7 Å². The summed E-state index contributed by atoms with van der Waals surface area (Å²) in [6.45, 7) is -0.267. The van der Waals surface area contributed by atoms with E-state index in [0.29, 0.717) is 16.5 Å². The average molecular weight is 632 g/mol. The van der Waals surface area contributed by atoms with E-state index >= 15 is 0 Å². The van der Waals surface area contributed by atoms with E-state index in [-0.39, 0.29) is 19.6 Å². The summed E-state index contributed by atoms with van der Waals surface area (Å²) in [5.74, 6) is -0.762. The molecule has 0 saturated carbocycles. The number of hydrogen-bond acceptors (Lipinski definition) is 14. The van der Waals surface area contributed by atoms with Gasteiger partial charge in [-0.05, 0) is 6.07 Å². The van der Waals surface area contributed by atoms with Crippen LogP contribution in [0.1, 0.15) is 25.1 Å². The van der Waals surface area contributed by atoms with Gasteiger partial charge in [0.2, 0.25) is 6.29 Å². The maximum absolute atomic E-state index is 13.3. The van der Waals surface area contributed by atoms with Crippen molar-refractivity contribution in [2.24, 2.45) is 0 Å². The van der Waals surface area contributed by atoms with Crippen LogP contribution in [0.3, 0.4) is 0 Å². The normalized spacial score (nSPS) is 29.4.